The van der Waals surface area contributed by atoms with E-state index >= 15 is 0 Å². The highest BCUT2D eigenvalue weighted by atomic mass is 16.5. The molecule has 1 aromatic rings. The van der Waals surface area contributed by atoms with Gasteiger partial charge in [-0.25, -0.2) is 4.79 Å². The molecule has 1 rings (SSSR count). The first-order valence-corrected chi connectivity index (χ1v) is 4.89. The number of nitrogen functional groups attached to an aromatic ring is 1. The Morgan fingerprint density at radius 2 is 2.25 bits per heavy atom. The molecule has 0 heterocycles. The van der Waals surface area contributed by atoms with E-state index in [1.807, 2.05) is 11.9 Å². The van der Waals surface area contributed by atoms with E-state index in [4.69, 9.17) is 15.6 Å². The molecule has 16 heavy (non-hydrogen) atoms. The number of aromatic carboxylic acids is 1. The number of benzene rings is 1. The summed E-state index contributed by atoms with van der Waals surface area (Å²) >= 11 is 0. The first kappa shape index (κ1) is 12.3. The van der Waals surface area contributed by atoms with Gasteiger partial charge in [0.25, 0.3) is 0 Å². The topological polar surface area (TPSA) is 75.8 Å². The number of rotatable bonds is 5. The molecule has 0 radical (unpaired) electrons. The quantitative estimate of drug-likeness (QED) is 0.731. The Morgan fingerprint density at radius 1 is 1.56 bits per heavy atom. The first-order valence-electron chi connectivity index (χ1n) is 4.89. The van der Waals surface area contributed by atoms with E-state index in [2.05, 4.69) is 0 Å². The van der Waals surface area contributed by atoms with Crippen LogP contribution in [0.4, 0.5) is 11.4 Å². The van der Waals surface area contributed by atoms with Gasteiger partial charge in [-0.05, 0) is 18.2 Å². The normalized spacial score (nSPS) is 10.1. The summed E-state index contributed by atoms with van der Waals surface area (Å²) in [6, 6.07) is 4.70. The van der Waals surface area contributed by atoms with Crippen molar-refractivity contribution >= 4 is 17.3 Å². The average Bonchev–Trinajstić information content (AvgIpc) is 2.25. The Kier molecular flexibility index (Phi) is 4.13. The minimum Gasteiger partial charge on any atom is -0.478 e. The number of ether oxygens (including phenoxy) is 1. The fourth-order valence-electron chi connectivity index (χ4n) is 1.38. The molecule has 0 fully saturated rings. The van der Waals surface area contributed by atoms with Crippen molar-refractivity contribution in [1.29, 1.82) is 0 Å². The van der Waals surface area contributed by atoms with Gasteiger partial charge < -0.3 is 20.5 Å². The number of likely N-dealkylation sites (N-methyl/N-ethyl adjacent to an activating group) is 1. The molecule has 0 unspecified atom stereocenters. The number of nitrogens with zero attached hydrogens (tertiary/aromatic N) is 1. The standard InChI is InChI=1S/C11H16N2O3/c1-13(5-6-16-2)10-4-3-8(11(14)15)7-9(10)12/h3-4,7H,5-6,12H2,1-2H3,(H,14,15). The largest absolute Gasteiger partial charge is 0.478 e. The van der Waals surface area contributed by atoms with Gasteiger partial charge in [-0.15, -0.1) is 0 Å². The molecule has 0 saturated carbocycles. The number of carbonyl (C=O) groups is 1. The van der Waals surface area contributed by atoms with Crippen molar-refractivity contribution in [3.05, 3.63) is 23.8 Å². The molecule has 1 aromatic carbocycles. The van der Waals surface area contributed by atoms with Gasteiger partial charge in [0.05, 0.1) is 23.5 Å². The van der Waals surface area contributed by atoms with Gasteiger partial charge in [0.1, 0.15) is 0 Å². The van der Waals surface area contributed by atoms with Crippen molar-refractivity contribution in [2.45, 2.75) is 0 Å². The maximum atomic E-state index is 10.7. The van der Waals surface area contributed by atoms with Crippen molar-refractivity contribution in [2.24, 2.45) is 0 Å². The summed E-state index contributed by atoms with van der Waals surface area (Å²) in [5.74, 6) is -0.974. The van der Waals surface area contributed by atoms with Gasteiger partial charge >= 0.3 is 5.97 Å². The third kappa shape index (κ3) is 2.87. The van der Waals surface area contributed by atoms with Crippen LogP contribution in [0.25, 0.3) is 0 Å². The van der Waals surface area contributed by atoms with Gasteiger partial charge in [0.2, 0.25) is 0 Å². The highest BCUT2D eigenvalue weighted by Gasteiger charge is 2.09. The Bertz CT molecular complexity index is 379. The molecular formula is C11H16N2O3. The zero-order valence-corrected chi connectivity index (χ0v) is 9.43. The zero-order chi connectivity index (χ0) is 12.1. The average molecular weight is 224 g/mol. The molecule has 5 heteroatoms. The third-order valence-corrected chi connectivity index (χ3v) is 2.32. The van der Waals surface area contributed by atoms with Crippen molar-refractivity contribution in [3.8, 4) is 0 Å². The molecule has 0 saturated heterocycles. The Labute approximate surface area is 94.4 Å². The lowest BCUT2D eigenvalue weighted by molar-refractivity contribution is 0.0697. The molecule has 0 aliphatic heterocycles. The highest BCUT2D eigenvalue weighted by Crippen LogP contribution is 2.23. The molecule has 0 amide bonds. The Balaban J connectivity index is 2.85. The zero-order valence-electron chi connectivity index (χ0n) is 9.43. The number of carboxylic acid groups (broad SMARTS) is 1. The molecular weight excluding hydrogens is 208 g/mol. The summed E-state index contributed by atoms with van der Waals surface area (Å²) in [4.78, 5) is 12.6. The van der Waals surface area contributed by atoms with Crippen LogP contribution in [-0.2, 0) is 4.74 Å². The van der Waals surface area contributed by atoms with Crippen LogP contribution in [0.1, 0.15) is 10.4 Å². The lowest BCUT2D eigenvalue weighted by atomic mass is 10.1. The second kappa shape index (κ2) is 5.37. The van der Waals surface area contributed by atoms with E-state index in [-0.39, 0.29) is 5.56 Å². The molecule has 88 valence electrons. The third-order valence-electron chi connectivity index (χ3n) is 2.32. The van der Waals surface area contributed by atoms with Gasteiger partial charge in [0, 0.05) is 20.7 Å². The van der Waals surface area contributed by atoms with Crippen LogP contribution in [0, 0.1) is 0 Å². The fourth-order valence-corrected chi connectivity index (χ4v) is 1.38. The molecule has 0 bridgehead atoms. The van der Waals surface area contributed by atoms with E-state index in [1.54, 1.807) is 13.2 Å². The fraction of sp³-hybridized carbons (Fsp3) is 0.364. The summed E-state index contributed by atoms with van der Waals surface area (Å²) < 4.78 is 4.96. The number of carboxylic acids is 1. The molecule has 0 spiro atoms. The lowest BCUT2D eigenvalue weighted by Crippen LogP contribution is -2.23. The molecule has 0 aromatic heterocycles. The van der Waals surface area contributed by atoms with Crippen molar-refractivity contribution in [3.63, 3.8) is 0 Å². The summed E-state index contributed by atoms with van der Waals surface area (Å²) in [6.45, 7) is 1.30. The lowest BCUT2D eigenvalue weighted by Gasteiger charge is -2.20. The minimum atomic E-state index is -0.974. The molecule has 0 atom stereocenters. The minimum absolute atomic E-state index is 0.196. The van der Waals surface area contributed by atoms with Crippen LogP contribution in [0.15, 0.2) is 18.2 Å². The van der Waals surface area contributed by atoms with Gasteiger partial charge in [0.15, 0.2) is 0 Å². The number of hydrogen-bond donors (Lipinski definition) is 2. The number of anilines is 2. The van der Waals surface area contributed by atoms with Crippen LogP contribution in [-0.4, -0.2) is 38.4 Å². The second-order valence-corrected chi connectivity index (χ2v) is 3.49. The summed E-state index contributed by atoms with van der Waals surface area (Å²) in [6.07, 6.45) is 0. The van der Waals surface area contributed by atoms with E-state index in [9.17, 15) is 4.79 Å². The number of methoxy groups -OCH3 is 1. The maximum Gasteiger partial charge on any atom is 0.335 e. The predicted octanol–water partition coefficient (Wildman–Crippen LogP) is 1.05. The smallest absolute Gasteiger partial charge is 0.335 e. The van der Waals surface area contributed by atoms with Crippen molar-refractivity contribution in [1.82, 2.24) is 0 Å². The Hall–Kier alpha value is -1.75. The van der Waals surface area contributed by atoms with Gasteiger partial charge in [-0.2, -0.15) is 0 Å². The summed E-state index contributed by atoms with van der Waals surface area (Å²) in [7, 11) is 3.51. The number of hydrogen-bond acceptors (Lipinski definition) is 4. The Morgan fingerprint density at radius 3 is 2.75 bits per heavy atom. The molecule has 5 nitrogen and oxygen atoms in total. The van der Waals surface area contributed by atoms with Crippen LogP contribution in [0.2, 0.25) is 0 Å². The summed E-state index contributed by atoms with van der Waals surface area (Å²) in [5.41, 5.74) is 7.25. The SMILES string of the molecule is COCCN(C)c1ccc(C(=O)O)cc1N. The molecule has 3 N–H and O–H groups in total. The van der Waals surface area contributed by atoms with Gasteiger partial charge in [-0.3, -0.25) is 0 Å². The van der Waals surface area contributed by atoms with Crippen molar-refractivity contribution in [2.75, 3.05) is 37.9 Å². The summed E-state index contributed by atoms with van der Waals surface area (Å²) in [5, 5.41) is 8.79. The maximum absolute atomic E-state index is 10.7. The van der Waals surface area contributed by atoms with E-state index in [0.717, 1.165) is 5.69 Å². The highest BCUT2D eigenvalue weighted by molar-refractivity contribution is 5.90. The monoisotopic (exact) mass is 224 g/mol. The van der Waals surface area contributed by atoms with Crippen molar-refractivity contribution < 1.29 is 14.6 Å². The molecule has 0 aliphatic rings. The van der Waals surface area contributed by atoms with E-state index < -0.39 is 5.97 Å². The van der Waals surface area contributed by atoms with E-state index in [1.165, 1.54) is 12.1 Å². The predicted molar refractivity (Wildman–Crippen MR) is 63.0 cm³/mol. The van der Waals surface area contributed by atoms with Crippen LogP contribution in [0.5, 0.6) is 0 Å². The number of nitrogens with two attached hydrogens (primary N) is 1. The van der Waals surface area contributed by atoms with Crippen LogP contribution in [0.3, 0.4) is 0 Å². The van der Waals surface area contributed by atoms with Crippen LogP contribution >= 0.6 is 0 Å². The van der Waals surface area contributed by atoms with Crippen LogP contribution < -0.4 is 10.6 Å². The first-order chi connectivity index (χ1) is 7.56. The second-order valence-electron chi connectivity index (χ2n) is 3.49. The van der Waals surface area contributed by atoms with Gasteiger partial charge in [-0.1, -0.05) is 0 Å². The van der Waals surface area contributed by atoms with E-state index in [0.29, 0.717) is 18.8 Å². The molecule has 0 aliphatic carbocycles.